The molecule has 0 saturated carbocycles. The Bertz CT molecular complexity index is 444. The first-order chi connectivity index (χ1) is 7.92. The van der Waals surface area contributed by atoms with Crippen LogP contribution in [-0.4, -0.2) is 23.4 Å². The van der Waals surface area contributed by atoms with Gasteiger partial charge >= 0.3 is 0 Å². The smallest absolute Gasteiger partial charge is 0.151 e. The fourth-order valence-electron chi connectivity index (χ4n) is 1.85. The summed E-state index contributed by atoms with van der Waals surface area (Å²) in [5, 5.41) is 0. The lowest BCUT2D eigenvalue weighted by molar-refractivity contribution is 0.129. The minimum Gasteiger partial charge on any atom is -0.377 e. The third-order valence-corrected chi connectivity index (χ3v) is 5.00. The van der Waals surface area contributed by atoms with Crippen LogP contribution in [0.3, 0.4) is 0 Å². The highest BCUT2D eigenvalue weighted by molar-refractivity contribution is 8.01. The molecule has 1 fully saturated rings. The highest BCUT2D eigenvalue weighted by Gasteiger charge is 2.16. The Morgan fingerprint density at radius 2 is 2.38 bits per heavy atom. The lowest BCUT2D eigenvalue weighted by Crippen LogP contribution is -2.07. The fourth-order valence-corrected chi connectivity index (χ4v) is 4.01. The van der Waals surface area contributed by atoms with E-state index in [0.717, 1.165) is 22.2 Å². The van der Waals surface area contributed by atoms with Crippen LogP contribution >= 0.6 is 23.1 Å². The van der Waals surface area contributed by atoms with E-state index in [1.54, 1.807) is 11.3 Å². The number of thioether (sulfide) groups is 1. The van der Waals surface area contributed by atoms with E-state index < -0.39 is 0 Å². The van der Waals surface area contributed by atoms with Gasteiger partial charge in [0.05, 0.1) is 16.3 Å². The van der Waals surface area contributed by atoms with Crippen molar-refractivity contribution >= 4 is 33.3 Å². The second-order valence-corrected chi connectivity index (χ2v) is 6.19. The summed E-state index contributed by atoms with van der Waals surface area (Å²) in [6.45, 7) is 0.936. The maximum absolute atomic E-state index is 5.60. The molecule has 0 radical (unpaired) electrons. The van der Waals surface area contributed by atoms with Crippen molar-refractivity contribution in [1.82, 2.24) is 4.98 Å². The van der Waals surface area contributed by atoms with E-state index in [1.807, 2.05) is 17.8 Å². The Morgan fingerprint density at radius 3 is 3.19 bits per heavy atom. The van der Waals surface area contributed by atoms with Crippen molar-refractivity contribution < 1.29 is 4.74 Å². The molecule has 1 saturated heterocycles. The summed E-state index contributed by atoms with van der Waals surface area (Å²) in [7, 11) is 0. The van der Waals surface area contributed by atoms with Crippen molar-refractivity contribution in [1.29, 1.82) is 0 Å². The molecule has 0 aliphatic carbocycles. The van der Waals surface area contributed by atoms with E-state index >= 15 is 0 Å². The fraction of sp³-hybridized carbons (Fsp3) is 0.417. The van der Waals surface area contributed by atoms with Gasteiger partial charge in [-0.05, 0) is 25.0 Å². The molecular formula is C12H13NOS2. The van der Waals surface area contributed by atoms with Gasteiger partial charge < -0.3 is 4.74 Å². The Morgan fingerprint density at radius 1 is 1.44 bits per heavy atom. The molecule has 0 spiro atoms. The van der Waals surface area contributed by atoms with Crippen molar-refractivity contribution in [3.63, 3.8) is 0 Å². The number of aromatic nitrogens is 1. The van der Waals surface area contributed by atoms with Crippen molar-refractivity contribution in [2.75, 3.05) is 12.4 Å². The third-order valence-electron chi connectivity index (χ3n) is 2.69. The summed E-state index contributed by atoms with van der Waals surface area (Å²) in [5.74, 6) is 1.04. The number of hydrogen-bond donors (Lipinski definition) is 0. The number of benzene rings is 1. The SMILES string of the molecule is c1ccc2sc(SCC3CCCO3)nc2c1. The van der Waals surface area contributed by atoms with Gasteiger partial charge in [0, 0.05) is 12.4 Å². The van der Waals surface area contributed by atoms with Crippen LogP contribution in [0.1, 0.15) is 12.8 Å². The summed E-state index contributed by atoms with van der Waals surface area (Å²) in [4.78, 5) is 4.60. The minimum atomic E-state index is 0.442. The standard InChI is InChI=1S/C12H13NOS2/c1-2-6-11-10(5-1)13-12(16-11)15-8-9-4-3-7-14-9/h1-2,5-6,9H,3-4,7-8H2. The van der Waals surface area contributed by atoms with Crippen LogP contribution in [0.25, 0.3) is 10.2 Å². The van der Waals surface area contributed by atoms with Gasteiger partial charge in [-0.1, -0.05) is 23.9 Å². The van der Waals surface area contributed by atoms with Gasteiger partial charge in [-0.25, -0.2) is 4.98 Å². The van der Waals surface area contributed by atoms with E-state index in [9.17, 15) is 0 Å². The number of para-hydroxylation sites is 1. The number of thiazole rings is 1. The van der Waals surface area contributed by atoms with E-state index in [-0.39, 0.29) is 0 Å². The minimum absolute atomic E-state index is 0.442. The molecule has 3 rings (SSSR count). The van der Waals surface area contributed by atoms with Crippen LogP contribution in [0.15, 0.2) is 28.6 Å². The first kappa shape index (κ1) is 10.6. The van der Waals surface area contributed by atoms with Crippen molar-refractivity contribution in [3.05, 3.63) is 24.3 Å². The number of hydrogen-bond acceptors (Lipinski definition) is 4. The molecule has 1 aromatic heterocycles. The van der Waals surface area contributed by atoms with Crippen LogP contribution in [0, 0.1) is 0 Å². The first-order valence-electron chi connectivity index (χ1n) is 5.52. The van der Waals surface area contributed by atoms with E-state index in [2.05, 4.69) is 23.2 Å². The average molecular weight is 251 g/mol. The quantitative estimate of drug-likeness (QED) is 0.779. The maximum Gasteiger partial charge on any atom is 0.151 e. The molecule has 4 heteroatoms. The zero-order valence-electron chi connectivity index (χ0n) is 8.89. The molecule has 1 aliphatic heterocycles. The predicted molar refractivity (Wildman–Crippen MR) is 69.3 cm³/mol. The lowest BCUT2D eigenvalue weighted by atomic mass is 10.3. The van der Waals surface area contributed by atoms with Crippen LogP contribution < -0.4 is 0 Å². The van der Waals surface area contributed by atoms with Crippen molar-refractivity contribution in [2.45, 2.75) is 23.3 Å². The molecule has 1 aromatic carbocycles. The Labute approximate surface area is 103 Å². The number of ether oxygens (including phenoxy) is 1. The van der Waals surface area contributed by atoms with Gasteiger partial charge in [-0.2, -0.15) is 0 Å². The molecule has 1 aliphatic rings. The average Bonchev–Trinajstić information content (AvgIpc) is 2.95. The Kier molecular flexibility index (Phi) is 3.13. The van der Waals surface area contributed by atoms with Crippen molar-refractivity contribution in [2.24, 2.45) is 0 Å². The second kappa shape index (κ2) is 4.73. The monoisotopic (exact) mass is 251 g/mol. The maximum atomic E-state index is 5.60. The summed E-state index contributed by atoms with van der Waals surface area (Å²) in [6, 6.07) is 8.30. The Hall–Kier alpha value is -0.580. The molecule has 0 bridgehead atoms. The van der Waals surface area contributed by atoms with Gasteiger partial charge in [-0.3, -0.25) is 0 Å². The van der Waals surface area contributed by atoms with Gasteiger partial charge in [0.1, 0.15) is 0 Å². The van der Waals surface area contributed by atoms with Gasteiger partial charge in [0.15, 0.2) is 4.34 Å². The largest absolute Gasteiger partial charge is 0.377 e. The molecule has 84 valence electrons. The zero-order chi connectivity index (χ0) is 10.8. The molecule has 16 heavy (non-hydrogen) atoms. The molecule has 2 nitrogen and oxygen atoms in total. The predicted octanol–water partition coefficient (Wildman–Crippen LogP) is 3.57. The molecule has 2 heterocycles. The van der Waals surface area contributed by atoms with Gasteiger partial charge in [0.25, 0.3) is 0 Å². The molecule has 1 unspecified atom stereocenters. The van der Waals surface area contributed by atoms with E-state index in [4.69, 9.17) is 4.74 Å². The topological polar surface area (TPSA) is 22.1 Å². The van der Waals surface area contributed by atoms with Crippen LogP contribution in [-0.2, 0) is 4.74 Å². The molecule has 0 N–H and O–H groups in total. The normalized spacial score (nSPS) is 20.6. The third kappa shape index (κ3) is 2.24. The second-order valence-electron chi connectivity index (χ2n) is 3.89. The summed E-state index contributed by atoms with van der Waals surface area (Å²) < 4.78 is 8.04. The lowest BCUT2D eigenvalue weighted by Gasteiger charge is -2.05. The summed E-state index contributed by atoms with van der Waals surface area (Å²) >= 11 is 3.60. The van der Waals surface area contributed by atoms with Gasteiger partial charge in [0.2, 0.25) is 0 Å². The van der Waals surface area contributed by atoms with Crippen LogP contribution in [0.5, 0.6) is 0 Å². The molecule has 2 aromatic rings. The molecular weight excluding hydrogens is 238 g/mol. The Balaban J connectivity index is 1.69. The zero-order valence-corrected chi connectivity index (χ0v) is 10.5. The highest BCUT2D eigenvalue weighted by atomic mass is 32.2. The number of rotatable bonds is 3. The number of nitrogens with zero attached hydrogens (tertiary/aromatic N) is 1. The molecule has 1 atom stereocenters. The van der Waals surface area contributed by atoms with E-state index in [0.29, 0.717) is 6.10 Å². The van der Waals surface area contributed by atoms with Crippen molar-refractivity contribution in [3.8, 4) is 0 Å². The highest BCUT2D eigenvalue weighted by Crippen LogP contribution is 2.31. The van der Waals surface area contributed by atoms with Crippen LogP contribution in [0.4, 0.5) is 0 Å². The summed E-state index contributed by atoms with van der Waals surface area (Å²) in [5.41, 5.74) is 1.11. The first-order valence-corrected chi connectivity index (χ1v) is 7.32. The van der Waals surface area contributed by atoms with Crippen LogP contribution in [0.2, 0.25) is 0 Å². The molecule has 0 amide bonds. The van der Waals surface area contributed by atoms with Gasteiger partial charge in [-0.15, -0.1) is 11.3 Å². The summed E-state index contributed by atoms with van der Waals surface area (Å²) in [6.07, 6.45) is 2.86. The number of fused-ring (bicyclic) bond motifs is 1. The van der Waals surface area contributed by atoms with E-state index in [1.165, 1.54) is 17.5 Å².